The van der Waals surface area contributed by atoms with Gasteiger partial charge in [-0.05, 0) is 51.4 Å². The van der Waals surface area contributed by atoms with E-state index >= 15 is 0 Å². The van der Waals surface area contributed by atoms with Gasteiger partial charge in [0.05, 0.1) is 5.92 Å². The van der Waals surface area contributed by atoms with Crippen molar-refractivity contribution in [1.29, 1.82) is 0 Å². The number of urea groups is 1. The van der Waals surface area contributed by atoms with Crippen molar-refractivity contribution in [3.8, 4) is 0 Å². The molecule has 0 spiro atoms. The van der Waals surface area contributed by atoms with E-state index in [2.05, 4.69) is 5.32 Å². The topological polar surface area (TPSA) is 69.6 Å². The van der Waals surface area contributed by atoms with E-state index in [0.29, 0.717) is 18.8 Å². The summed E-state index contributed by atoms with van der Waals surface area (Å²) in [5.41, 5.74) is 0. The molecule has 2 rings (SSSR count). The smallest absolute Gasteiger partial charge is 0.317 e. The number of aliphatic carboxylic acids is 1. The molecular formula is C15H26N2O3. The van der Waals surface area contributed by atoms with Crippen LogP contribution in [0.1, 0.15) is 51.9 Å². The van der Waals surface area contributed by atoms with Gasteiger partial charge in [0.15, 0.2) is 0 Å². The number of carboxylic acids is 1. The standard InChI is InChI=1S/C15H26N2O3/c1-2-17(10-11-4-3-5-11)15(20)16-13-8-6-12(7-9-13)14(18)19/h11-13H,2-10H2,1H3,(H,16,20)(H,18,19). The number of carbonyl (C=O) groups is 2. The van der Waals surface area contributed by atoms with Crippen LogP contribution in [0.5, 0.6) is 0 Å². The van der Waals surface area contributed by atoms with Crippen molar-refractivity contribution >= 4 is 12.0 Å². The SMILES string of the molecule is CCN(CC1CCC1)C(=O)NC1CCC(C(=O)O)CC1. The maximum Gasteiger partial charge on any atom is 0.317 e. The summed E-state index contributed by atoms with van der Waals surface area (Å²) in [5, 5.41) is 12.0. The molecule has 0 atom stereocenters. The van der Waals surface area contributed by atoms with Gasteiger partial charge in [0, 0.05) is 19.1 Å². The van der Waals surface area contributed by atoms with E-state index in [0.717, 1.165) is 25.9 Å². The fraction of sp³-hybridized carbons (Fsp3) is 0.867. The Morgan fingerprint density at radius 2 is 1.80 bits per heavy atom. The van der Waals surface area contributed by atoms with Gasteiger partial charge in [-0.15, -0.1) is 0 Å². The van der Waals surface area contributed by atoms with E-state index in [1.165, 1.54) is 19.3 Å². The zero-order valence-electron chi connectivity index (χ0n) is 12.3. The molecule has 2 amide bonds. The Labute approximate surface area is 120 Å². The molecule has 0 unspecified atom stereocenters. The van der Waals surface area contributed by atoms with Crippen molar-refractivity contribution < 1.29 is 14.7 Å². The summed E-state index contributed by atoms with van der Waals surface area (Å²) < 4.78 is 0. The molecular weight excluding hydrogens is 256 g/mol. The van der Waals surface area contributed by atoms with Gasteiger partial charge in [0.25, 0.3) is 0 Å². The van der Waals surface area contributed by atoms with Gasteiger partial charge >= 0.3 is 12.0 Å². The van der Waals surface area contributed by atoms with E-state index in [9.17, 15) is 9.59 Å². The molecule has 2 N–H and O–H groups in total. The minimum atomic E-state index is -0.699. The Kier molecular flexibility index (Phi) is 5.26. The summed E-state index contributed by atoms with van der Waals surface area (Å²) in [6.07, 6.45) is 6.70. The highest BCUT2D eigenvalue weighted by Gasteiger charge is 2.28. The van der Waals surface area contributed by atoms with Crippen molar-refractivity contribution in [2.24, 2.45) is 11.8 Å². The second kappa shape index (κ2) is 6.95. The quantitative estimate of drug-likeness (QED) is 0.813. The zero-order valence-corrected chi connectivity index (χ0v) is 12.3. The van der Waals surface area contributed by atoms with E-state index in [1.54, 1.807) is 0 Å². The van der Waals surface area contributed by atoms with E-state index in [4.69, 9.17) is 5.11 Å². The minimum Gasteiger partial charge on any atom is -0.481 e. The predicted octanol–water partition coefficient (Wildman–Crippen LogP) is 2.46. The Bertz CT molecular complexity index is 347. The molecule has 2 saturated carbocycles. The van der Waals surface area contributed by atoms with E-state index < -0.39 is 5.97 Å². The number of hydrogen-bond acceptors (Lipinski definition) is 2. The van der Waals surface area contributed by atoms with Gasteiger partial charge < -0.3 is 15.3 Å². The molecule has 2 fully saturated rings. The molecule has 0 aromatic heterocycles. The number of rotatable bonds is 5. The third-order valence-corrected chi connectivity index (χ3v) is 4.78. The molecule has 0 radical (unpaired) electrons. The molecule has 2 aliphatic rings. The maximum absolute atomic E-state index is 12.2. The van der Waals surface area contributed by atoms with Crippen LogP contribution in [0.3, 0.4) is 0 Å². The highest BCUT2D eigenvalue weighted by atomic mass is 16.4. The van der Waals surface area contributed by atoms with Gasteiger partial charge in [-0.1, -0.05) is 6.42 Å². The van der Waals surface area contributed by atoms with Crippen LogP contribution in [0.4, 0.5) is 4.79 Å². The van der Waals surface area contributed by atoms with Crippen molar-refractivity contribution in [2.75, 3.05) is 13.1 Å². The Balaban J connectivity index is 1.74. The van der Waals surface area contributed by atoms with Crippen LogP contribution in [-0.2, 0) is 4.79 Å². The Morgan fingerprint density at radius 3 is 2.25 bits per heavy atom. The lowest BCUT2D eigenvalue weighted by atomic mass is 9.85. The normalized spacial score (nSPS) is 26.6. The van der Waals surface area contributed by atoms with Crippen LogP contribution in [-0.4, -0.2) is 41.1 Å². The largest absolute Gasteiger partial charge is 0.481 e. The van der Waals surface area contributed by atoms with Crippen LogP contribution in [0.15, 0.2) is 0 Å². The van der Waals surface area contributed by atoms with Gasteiger partial charge in [0.1, 0.15) is 0 Å². The molecule has 0 bridgehead atoms. The monoisotopic (exact) mass is 282 g/mol. The van der Waals surface area contributed by atoms with Crippen LogP contribution < -0.4 is 5.32 Å². The Hall–Kier alpha value is -1.26. The first-order valence-electron chi connectivity index (χ1n) is 7.88. The molecule has 2 aliphatic carbocycles. The summed E-state index contributed by atoms with van der Waals surface area (Å²) in [6.45, 7) is 3.62. The predicted molar refractivity (Wildman–Crippen MR) is 76.5 cm³/mol. The first-order valence-corrected chi connectivity index (χ1v) is 7.88. The van der Waals surface area contributed by atoms with E-state index in [-0.39, 0.29) is 18.0 Å². The maximum atomic E-state index is 12.2. The number of hydrogen-bond donors (Lipinski definition) is 2. The summed E-state index contributed by atoms with van der Waals surface area (Å²) in [5.74, 6) is -0.237. The molecule has 0 aromatic carbocycles. The van der Waals surface area contributed by atoms with Crippen molar-refractivity contribution in [3.63, 3.8) is 0 Å². The zero-order chi connectivity index (χ0) is 14.5. The van der Waals surface area contributed by atoms with Gasteiger partial charge in [-0.25, -0.2) is 4.79 Å². The van der Waals surface area contributed by atoms with Gasteiger partial charge in [-0.2, -0.15) is 0 Å². The molecule has 0 aliphatic heterocycles. The summed E-state index contributed by atoms with van der Waals surface area (Å²) in [7, 11) is 0. The number of amides is 2. The average Bonchev–Trinajstić information content (AvgIpc) is 2.38. The first kappa shape index (κ1) is 15.1. The van der Waals surface area contributed by atoms with Gasteiger partial charge in [-0.3, -0.25) is 4.79 Å². The van der Waals surface area contributed by atoms with Crippen molar-refractivity contribution in [3.05, 3.63) is 0 Å². The minimum absolute atomic E-state index is 0.0261. The average molecular weight is 282 g/mol. The van der Waals surface area contributed by atoms with Crippen LogP contribution in [0, 0.1) is 11.8 Å². The van der Waals surface area contributed by atoms with Crippen LogP contribution in [0.25, 0.3) is 0 Å². The third-order valence-electron chi connectivity index (χ3n) is 4.78. The third kappa shape index (κ3) is 3.87. The second-order valence-corrected chi connectivity index (χ2v) is 6.17. The molecule has 0 aromatic rings. The highest BCUT2D eigenvalue weighted by molar-refractivity contribution is 5.74. The van der Waals surface area contributed by atoms with Crippen LogP contribution in [0.2, 0.25) is 0 Å². The summed E-state index contributed by atoms with van der Waals surface area (Å²) in [6, 6.07) is 0.173. The lowest BCUT2D eigenvalue weighted by Gasteiger charge is -2.34. The van der Waals surface area contributed by atoms with Gasteiger partial charge in [0.2, 0.25) is 0 Å². The summed E-state index contributed by atoms with van der Waals surface area (Å²) >= 11 is 0. The molecule has 0 saturated heterocycles. The fourth-order valence-electron chi connectivity index (χ4n) is 3.09. The fourth-order valence-corrected chi connectivity index (χ4v) is 3.09. The number of nitrogens with one attached hydrogen (secondary N) is 1. The highest BCUT2D eigenvalue weighted by Crippen LogP contribution is 2.27. The number of carboxylic acid groups (broad SMARTS) is 1. The first-order chi connectivity index (χ1) is 9.60. The molecule has 5 heteroatoms. The van der Waals surface area contributed by atoms with Crippen LogP contribution >= 0.6 is 0 Å². The molecule has 5 nitrogen and oxygen atoms in total. The second-order valence-electron chi connectivity index (χ2n) is 6.17. The molecule has 114 valence electrons. The summed E-state index contributed by atoms with van der Waals surface area (Å²) in [4.78, 5) is 25.0. The van der Waals surface area contributed by atoms with Crippen molar-refractivity contribution in [1.82, 2.24) is 10.2 Å². The number of nitrogens with zero attached hydrogens (tertiary/aromatic N) is 1. The number of carbonyl (C=O) groups excluding carboxylic acids is 1. The lowest BCUT2D eigenvalue weighted by Crippen LogP contribution is -2.48. The molecule has 20 heavy (non-hydrogen) atoms. The van der Waals surface area contributed by atoms with Crippen molar-refractivity contribution in [2.45, 2.75) is 57.9 Å². The lowest BCUT2D eigenvalue weighted by molar-refractivity contribution is -0.142. The Morgan fingerprint density at radius 1 is 1.15 bits per heavy atom. The molecule has 0 heterocycles. The van der Waals surface area contributed by atoms with E-state index in [1.807, 2.05) is 11.8 Å².